The average Bonchev–Trinajstić information content (AvgIpc) is 3.22. The SMILES string of the molecule is CC(C)CC(NC(=O)C(CS)NC(=O)C(N)C(C)C)C(=O)NC(Cc1cnc[nH]1)C(=O)O. The number of aliphatic carboxylic acids is 1. The lowest BCUT2D eigenvalue weighted by Gasteiger charge is -2.26. The number of imidazole rings is 1. The van der Waals surface area contributed by atoms with Crippen molar-refractivity contribution >= 4 is 36.3 Å². The van der Waals surface area contributed by atoms with Crippen LogP contribution in [-0.2, 0) is 25.6 Å². The van der Waals surface area contributed by atoms with E-state index in [0.29, 0.717) is 5.69 Å². The normalized spacial score (nSPS) is 15.0. The molecule has 0 aliphatic rings. The number of hydrogen-bond acceptors (Lipinski definition) is 7. The molecule has 11 nitrogen and oxygen atoms in total. The minimum Gasteiger partial charge on any atom is -0.480 e. The summed E-state index contributed by atoms with van der Waals surface area (Å²) in [6.07, 6.45) is 3.16. The maximum absolute atomic E-state index is 12.8. The molecule has 0 aromatic carbocycles. The quantitative estimate of drug-likeness (QED) is 0.189. The van der Waals surface area contributed by atoms with Crippen molar-refractivity contribution in [1.82, 2.24) is 25.9 Å². The van der Waals surface area contributed by atoms with Gasteiger partial charge in [0.05, 0.1) is 12.4 Å². The molecule has 4 atom stereocenters. The van der Waals surface area contributed by atoms with Crippen LogP contribution in [0.2, 0.25) is 0 Å². The highest BCUT2D eigenvalue weighted by molar-refractivity contribution is 7.80. The molecule has 180 valence electrons. The molecular formula is C20H34N6O5S. The van der Waals surface area contributed by atoms with Crippen LogP contribution in [0.25, 0.3) is 0 Å². The molecule has 0 spiro atoms. The number of amides is 3. The largest absolute Gasteiger partial charge is 0.480 e. The van der Waals surface area contributed by atoms with Crippen molar-refractivity contribution in [2.75, 3.05) is 5.75 Å². The van der Waals surface area contributed by atoms with E-state index in [4.69, 9.17) is 5.73 Å². The monoisotopic (exact) mass is 470 g/mol. The van der Waals surface area contributed by atoms with E-state index in [2.05, 4.69) is 38.5 Å². The first kappa shape index (κ1) is 27.4. The van der Waals surface area contributed by atoms with Gasteiger partial charge in [0.15, 0.2) is 0 Å². The first-order valence-electron chi connectivity index (χ1n) is 10.4. The molecule has 0 bridgehead atoms. The number of nitrogens with two attached hydrogens (primary N) is 1. The topological polar surface area (TPSA) is 179 Å². The van der Waals surface area contributed by atoms with E-state index in [0.717, 1.165) is 0 Å². The number of aromatic nitrogens is 2. The molecule has 1 heterocycles. The van der Waals surface area contributed by atoms with E-state index in [1.54, 1.807) is 13.8 Å². The lowest BCUT2D eigenvalue weighted by Crippen LogP contribution is -2.58. The second kappa shape index (κ2) is 13.1. The van der Waals surface area contributed by atoms with Gasteiger partial charge in [0.2, 0.25) is 17.7 Å². The molecule has 0 saturated carbocycles. The van der Waals surface area contributed by atoms with Crippen LogP contribution < -0.4 is 21.7 Å². The first-order chi connectivity index (χ1) is 15.0. The number of nitrogens with zero attached hydrogens (tertiary/aromatic N) is 1. The second-order valence-electron chi connectivity index (χ2n) is 8.38. The number of carboxylic acids is 1. The molecule has 12 heteroatoms. The Bertz CT molecular complexity index is 771. The smallest absolute Gasteiger partial charge is 0.326 e. The molecular weight excluding hydrogens is 436 g/mol. The van der Waals surface area contributed by atoms with Crippen molar-refractivity contribution in [2.24, 2.45) is 17.6 Å². The fourth-order valence-corrected chi connectivity index (χ4v) is 3.09. The summed E-state index contributed by atoms with van der Waals surface area (Å²) in [6.45, 7) is 7.30. The molecule has 0 saturated heterocycles. The van der Waals surface area contributed by atoms with E-state index >= 15 is 0 Å². The van der Waals surface area contributed by atoms with Gasteiger partial charge in [-0.05, 0) is 18.3 Å². The zero-order valence-electron chi connectivity index (χ0n) is 18.8. The number of hydrogen-bond donors (Lipinski definition) is 7. The molecule has 1 aromatic heterocycles. The minimum atomic E-state index is -1.22. The number of aromatic amines is 1. The van der Waals surface area contributed by atoms with Gasteiger partial charge in [-0.3, -0.25) is 14.4 Å². The molecule has 1 rings (SSSR count). The van der Waals surface area contributed by atoms with Gasteiger partial charge >= 0.3 is 5.97 Å². The van der Waals surface area contributed by atoms with Gasteiger partial charge in [-0.15, -0.1) is 0 Å². The van der Waals surface area contributed by atoms with E-state index < -0.39 is 47.9 Å². The summed E-state index contributed by atoms with van der Waals surface area (Å²) >= 11 is 4.12. The first-order valence-corrected chi connectivity index (χ1v) is 11.1. The molecule has 0 fully saturated rings. The second-order valence-corrected chi connectivity index (χ2v) is 8.75. The Morgan fingerprint density at radius 3 is 2.06 bits per heavy atom. The molecule has 4 unspecified atom stereocenters. The third-order valence-corrected chi connectivity index (χ3v) is 5.14. The van der Waals surface area contributed by atoms with Gasteiger partial charge in [0.1, 0.15) is 18.1 Å². The third-order valence-electron chi connectivity index (χ3n) is 4.77. The van der Waals surface area contributed by atoms with Crippen LogP contribution in [0.3, 0.4) is 0 Å². The van der Waals surface area contributed by atoms with Crippen LogP contribution in [-0.4, -0.2) is 68.7 Å². The van der Waals surface area contributed by atoms with E-state index in [1.165, 1.54) is 12.5 Å². The van der Waals surface area contributed by atoms with Crippen LogP contribution in [0, 0.1) is 11.8 Å². The highest BCUT2D eigenvalue weighted by atomic mass is 32.1. The van der Waals surface area contributed by atoms with Crippen LogP contribution in [0.1, 0.15) is 39.8 Å². The zero-order chi connectivity index (χ0) is 24.4. The van der Waals surface area contributed by atoms with Crippen LogP contribution in [0.4, 0.5) is 0 Å². The third kappa shape index (κ3) is 8.87. The Morgan fingerprint density at radius 2 is 1.59 bits per heavy atom. The Morgan fingerprint density at radius 1 is 1.03 bits per heavy atom. The average molecular weight is 471 g/mol. The Balaban J connectivity index is 2.88. The summed E-state index contributed by atoms with van der Waals surface area (Å²) in [7, 11) is 0. The Kier molecular flexibility index (Phi) is 11.2. The molecule has 0 aliphatic carbocycles. The minimum absolute atomic E-state index is 0.00399. The van der Waals surface area contributed by atoms with Crippen LogP contribution in [0.5, 0.6) is 0 Å². The van der Waals surface area contributed by atoms with Gasteiger partial charge in [0.25, 0.3) is 0 Å². The summed E-state index contributed by atoms with van der Waals surface area (Å²) in [4.78, 5) is 56.1. The lowest BCUT2D eigenvalue weighted by atomic mass is 10.0. The number of rotatable bonds is 13. The van der Waals surface area contributed by atoms with Crippen molar-refractivity contribution in [1.29, 1.82) is 0 Å². The Hall–Kier alpha value is -2.60. The highest BCUT2D eigenvalue weighted by Crippen LogP contribution is 2.08. The van der Waals surface area contributed by atoms with E-state index in [9.17, 15) is 24.3 Å². The maximum atomic E-state index is 12.8. The number of carbonyl (C=O) groups excluding carboxylic acids is 3. The fourth-order valence-electron chi connectivity index (χ4n) is 2.83. The number of nitrogens with one attached hydrogen (secondary N) is 4. The van der Waals surface area contributed by atoms with Gasteiger partial charge in [-0.2, -0.15) is 12.6 Å². The molecule has 0 radical (unpaired) electrons. The van der Waals surface area contributed by atoms with Crippen LogP contribution in [0.15, 0.2) is 12.5 Å². The number of carbonyl (C=O) groups is 4. The summed E-state index contributed by atoms with van der Waals surface area (Å²) in [6, 6.07) is -4.00. The maximum Gasteiger partial charge on any atom is 0.326 e. The van der Waals surface area contributed by atoms with E-state index in [1.807, 2.05) is 13.8 Å². The summed E-state index contributed by atoms with van der Waals surface area (Å²) in [5, 5.41) is 17.1. The van der Waals surface area contributed by atoms with Gasteiger partial charge in [0, 0.05) is 24.1 Å². The van der Waals surface area contributed by atoms with Gasteiger partial charge in [-0.1, -0.05) is 27.7 Å². The highest BCUT2D eigenvalue weighted by Gasteiger charge is 2.30. The number of carboxylic acid groups (broad SMARTS) is 1. The summed E-state index contributed by atoms with van der Waals surface area (Å²) in [5.41, 5.74) is 6.36. The molecule has 7 N–H and O–H groups in total. The van der Waals surface area contributed by atoms with Crippen molar-refractivity contribution in [3.05, 3.63) is 18.2 Å². The predicted octanol–water partition coefficient (Wildman–Crippen LogP) is -0.550. The van der Waals surface area contributed by atoms with Gasteiger partial charge < -0.3 is 31.8 Å². The number of H-pyrrole nitrogens is 1. The lowest BCUT2D eigenvalue weighted by molar-refractivity contribution is -0.142. The van der Waals surface area contributed by atoms with Crippen molar-refractivity contribution in [2.45, 2.75) is 64.7 Å². The number of thiol groups is 1. The van der Waals surface area contributed by atoms with E-state index in [-0.39, 0.29) is 30.4 Å². The molecule has 0 aliphatic heterocycles. The predicted molar refractivity (Wildman–Crippen MR) is 122 cm³/mol. The molecule has 3 amide bonds. The van der Waals surface area contributed by atoms with Crippen molar-refractivity contribution < 1.29 is 24.3 Å². The Labute approximate surface area is 193 Å². The fraction of sp³-hybridized carbons (Fsp3) is 0.650. The van der Waals surface area contributed by atoms with Gasteiger partial charge in [-0.25, -0.2) is 9.78 Å². The zero-order valence-corrected chi connectivity index (χ0v) is 19.7. The summed E-state index contributed by atoms with van der Waals surface area (Å²) in [5.74, 6) is -3.06. The molecule has 1 aromatic rings. The standard InChI is InChI=1S/C20H34N6O5S/c1-10(2)5-13(17(27)25-14(20(30)31)6-12-7-22-9-23-12)24-18(28)15(8-32)26-19(29)16(21)11(3)4/h7,9-11,13-16,32H,5-6,8,21H2,1-4H3,(H,22,23)(H,24,28)(H,25,27)(H,26,29)(H,30,31). The van der Waals surface area contributed by atoms with Crippen molar-refractivity contribution in [3.63, 3.8) is 0 Å². The van der Waals surface area contributed by atoms with Crippen molar-refractivity contribution in [3.8, 4) is 0 Å². The molecule has 32 heavy (non-hydrogen) atoms. The summed E-state index contributed by atoms with van der Waals surface area (Å²) < 4.78 is 0. The van der Waals surface area contributed by atoms with Crippen LogP contribution >= 0.6 is 12.6 Å².